The van der Waals surface area contributed by atoms with Gasteiger partial charge in [-0.15, -0.1) is 0 Å². The molecule has 76 valence electrons. The number of hydrogen-bond acceptors (Lipinski definition) is 5. The molecule has 0 saturated heterocycles. The predicted octanol–water partition coefficient (Wildman–Crippen LogP) is -0.640. The van der Waals surface area contributed by atoms with Crippen molar-refractivity contribution in [2.24, 2.45) is 17.2 Å². The summed E-state index contributed by atoms with van der Waals surface area (Å²) in [7, 11) is 0. The summed E-state index contributed by atoms with van der Waals surface area (Å²) in [4.78, 5) is 0. The summed E-state index contributed by atoms with van der Waals surface area (Å²) < 4.78 is 0. The number of nitrogens with two attached hydrogens (primary N) is 3. The van der Waals surface area contributed by atoms with Crippen molar-refractivity contribution in [3.05, 3.63) is 29.3 Å². The molecule has 5 nitrogen and oxygen atoms in total. The summed E-state index contributed by atoms with van der Waals surface area (Å²) >= 11 is 0. The molecule has 1 aromatic carbocycles. The Morgan fingerprint density at radius 3 is 2.79 bits per heavy atom. The van der Waals surface area contributed by atoms with Crippen molar-refractivity contribution in [3.63, 3.8) is 0 Å². The summed E-state index contributed by atoms with van der Waals surface area (Å²) in [6.07, 6.45) is -0.519. The molecular formula is C9H15N5. The van der Waals surface area contributed by atoms with Crippen LogP contribution in [0.4, 0.5) is 5.69 Å². The predicted molar refractivity (Wildman–Crippen MR) is 56.0 cm³/mol. The van der Waals surface area contributed by atoms with Gasteiger partial charge in [-0.05, 0) is 17.7 Å². The Morgan fingerprint density at radius 1 is 1.29 bits per heavy atom. The molecule has 1 aliphatic rings. The zero-order valence-electron chi connectivity index (χ0n) is 7.83. The van der Waals surface area contributed by atoms with Gasteiger partial charge in [0.05, 0.1) is 6.17 Å². The highest BCUT2D eigenvalue weighted by Gasteiger charge is 2.20. The fourth-order valence-electron chi connectivity index (χ4n) is 1.62. The first-order valence-corrected chi connectivity index (χ1v) is 4.57. The molecule has 8 N–H and O–H groups in total. The van der Waals surface area contributed by atoms with Gasteiger partial charge in [-0.1, -0.05) is 6.07 Å². The SMILES string of the molecule is NCc1ccc2c(c1)C(N)NC(N)N2. The van der Waals surface area contributed by atoms with Crippen molar-refractivity contribution in [1.29, 1.82) is 0 Å². The van der Waals surface area contributed by atoms with E-state index < -0.39 is 0 Å². The summed E-state index contributed by atoms with van der Waals surface area (Å²) in [5.74, 6) is 0. The molecular weight excluding hydrogens is 178 g/mol. The zero-order valence-corrected chi connectivity index (χ0v) is 7.83. The second-order valence-electron chi connectivity index (χ2n) is 3.39. The van der Waals surface area contributed by atoms with Gasteiger partial charge in [0, 0.05) is 17.8 Å². The molecule has 1 aromatic rings. The average Bonchev–Trinajstić information content (AvgIpc) is 2.17. The highest BCUT2D eigenvalue weighted by molar-refractivity contribution is 5.56. The molecule has 2 rings (SSSR count). The highest BCUT2D eigenvalue weighted by Crippen LogP contribution is 2.25. The van der Waals surface area contributed by atoms with E-state index >= 15 is 0 Å². The third-order valence-electron chi connectivity index (χ3n) is 2.36. The molecule has 2 atom stereocenters. The number of rotatable bonds is 1. The maximum absolute atomic E-state index is 5.89. The molecule has 0 spiro atoms. The Kier molecular flexibility index (Phi) is 2.39. The van der Waals surface area contributed by atoms with Gasteiger partial charge < -0.3 is 16.8 Å². The summed E-state index contributed by atoms with van der Waals surface area (Å²) in [5.41, 5.74) is 20.2. The molecule has 0 radical (unpaired) electrons. The van der Waals surface area contributed by atoms with Crippen molar-refractivity contribution in [1.82, 2.24) is 5.32 Å². The largest absolute Gasteiger partial charge is 0.357 e. The van der Waals surface area contributed by atoms with Crippen LogP contribution in [0.2, 0.25) is 0 Å². The van der Waals surface area contributed by atoms with Gasteiger partial charge in [0.2, 0.25) is 0 Å². The molecule has 1 heterocycles. The topological polar surface area (TPSA) is 102 Å². The van der Waals surface area contributed by atoms with Gasteiger partial charge in [-0.25, -0.2) is 0 Å². The first-order valence-electron chi connectivity index (χ1n) is 4.57. The van der Waals surface area contributed by atoms with Gasteiger partial charge in [-0.2, -0.15) is 0 Å². The van der Waals surface area contributed by atoms with E-state index in [2.05, 4.69) is 10.6 Å². The molecule has 5 heteroatoms. The van der Waals surface area contributed by atoms with Crippen LogP contribution in [0.15, 0.2) is 18.2 Å². The Hall–Kier alpha value is -1.14. The lowest BCUT2D eigenvalue weighted by atomic mass is 10.0. The van der Waals surface area contributed by atoms with Crippen molar-refractivity contribution in [2.75, 3.05) is 5.32 Å². The molecule has 0 fully saturated rings. The quantitative estimate of drug-likeness (QED) is 0.408. The lowest BCUT2D eigenvalue weighted by molar-refractivity contribution is 0.465. The maximum atomic E-state index is 5.89. The van der Waals surface area contributed by atoms with E-state index in [1.54, 1.807) is 0 Å². The summed E-state index contributed by atoms with van der Waals surface area (Å²) in [6.45, 7) is 0.520. The van der Waals surface area contributed by atoms with Crippen LogP contribution in [0.25, 0.3) is 0 Å². The standard InChI is InChI=1S/C9H15N5/c10-4-5-1-2-7-6(3-5)8(11)14-9(12)13-7/h1-3,8-9,13-14H,4,10-12H2. The fraction of sp³-hybridized carbons (Fsp3) is 0.333. The van der Waals surface area contributed by atoms with E-state index in [1.165, 1.54) is 0 Å². The van der Waals surface area contributed by atoms with Gasteiger partial charge in [0.25, 0.3) is 0 Å². The van der Waals surface area contributed by atoms with Gasteiger partial charge in [0.1, 0.15) is 6.29 Å². The monoisotopic (exact) mass is 193 g/mol. The number of anilines is 1. The third-order valence-corrected chi connectivity index (χ3v) is 2.36. The lowest BCUT2D eigenvalue weighted by Crippen LogP contribution is -2.51. The van der Waals surface area contributed by atoms with E-state index in [0.29, 0.717) is 6.54 Å². The smallest absolute Gasteiger partial charge is 0.131 e. The minimum atomic E-state index is -0.291. The Morgan fingerprint density at radius 2 is 2.07 bits per heavy atom. The van der Waals surface area contributed by atoms with Crippen LogP contribution >= 0.6 is 0 Å². The van der Waals surface area contributed by atoms with Crippen LogP contribution in [0.5, 0.6) is 0 Å². The zero-order chi connectivity index (χ0) is 10.1. The molecule has 0 aromatic heterocycles. The van der Waals surface area contributed by atoms with Crippen molar-refractivity contribution < 1.29 is 0 Å². The Labute approximate surface area is 82.6 Å². The third kappa shape index (κ3) is 1.58. The summed E-state index contributed by atoms with van der Waals surface area (Å²) in [6, 6.07) is 5.92. The van der Waals surface area contributed by atoms with Crippen LogP contribution in [0, 0.1) is 0 Å². The molecule has 1 aliphatic heterocycles. The summed E-state index contributed by atoms with van der Waals surface area (Å²) in [5, 5.41) is 6.08. The molecule has 14 heavy (non-hydrogen) atoms. The van der Waals surface area contributed by atoms with Crippen LogP contribution < -0.4 is 27.8 Å². The van der Waals surface area contributed by atoms with Crippen LogP contribution in [0.1, 0.15) is 17.3 Å². The van der Waals surface area contributed by atoms with Gasteiger partial charge in [0.15, 0.2) is 0 Å². The number of fused-ring (bicyclic) bond motifs is 1. The van der Waals surface area contributed by atoms with Crippen molar-refractivity contribution >= 4 is 5.69 Å². The van der Waals surface area contributed by atoms with E-state index in [1.807, 2.05) is 18.2 Å². The van der Waals surface area contributed by atoms with Crippen molar-refractivity contribution in [2.45, 2.75) is 19.0 Å². The van der Waals surface area contributed by atoms with Gasteiger partial charge in [-0.3, -0.25) is 11.1 Å². The normalized spacial score (nSPS) is 25.4. The van der Waals surface area contributed by atoms with Crippen LogP contribution in [-0.2, 0) is 6.54 Å². The number of nitrogens with one attached hydrogen (secondary N) is 2. The van der Waals surface area contributed by atoms with Gasteiger partial charge >= 0.3 is 0 Å². The van der Waals surface area contributed by atoms with E-state index in [9.17, 15) is 0 Å². The molecule has 0 saturated carbocycles. The first-order chi connectivity index (χ1) is 6.70. The van der Waals surface area contributed by atoms with Crippen molar-refractivity contribution in [3.8, 4) is 0 Å². The van der Waals surface area contributed by atoms with E-state index in [-0.39, 0.29) is 12.5 Å². The number of hydrogen-bond donors (Lipinski definition) is 5. The molecule has 0 bridgehead atoms. The lowest BCUT2D eigenvalue weighted by Gasteiger charge is -2.30. The first kappa shape index (κ1) is 9.42. The minimum Gasteiger partial charge on any atom is -0.357 e. The van der Waals surface area contributed by atoms with Crippen LogP contribution in [0.3, 0.4) is 0 Å². The highest BCUT2D eigenvalue weighted by atomic mass is 15.3. The maximum Gasteiger partial charge on any atom is 0.131 e. The van der Waals surface area contributed by atoms with Crippen LogP contribution in [-0.4, -0.2) is 6.29 Å². The molecule has 0 amide bonds. The minimum absolute atomic E-state index is 0.229. The second kappa shape index (κ2) is 3.55. The Bertz CT molecular complexity index is 338. The molecule has 2 unspecified atom stereocenters. The van der Waals surface area contributed by atoms with E-state index in [0.717, 1.165) is 16.8 Å². The molecule has 0 aliphatic carbocycles. The average molecular weight is 193 g/mol. The van der Waals surface area contributed by atoms with E-state index in [4.69, 9.17) is 17.2 Å². The second-order valence-corrected chi connectivity index (χ2v) is 3.39. The fourth-order valence-corrected chi connectivity index (χ4v) is 1.62. The number of benzene rings is 1. The Balaban J connectivity index is 2.39.